The lowest BCUT2D eigenvalue weighted by molar-refractivity contribution is 0.00656. The average Bonchev–Trinajstić information content (AvgIpc) is 2.91. The maximum absolute atomic E-state index is 5.80. The second kappa shape index (κ2) is 7.51. The van der Waals surface area contributed by atoms with Crippen molar-refractivity contribution in [3.05, 3.63) is 18.5 Å². The van der Waals surface area contributed by atoms with Gasteiger partial charge in [0.25, 0.3) is 0 Å². The number of nitrogens with two attached hydrogens (primary N) is 1. The largest absolute Gasteiger partial charge is 0.378 e. The Kier molecular flexibility index (Phi) is 5.64. The minimum absolute atomic E-state index is 0.442. The average molecular weight is 252 g/mol. The molecule has 0 bridgehead atoms. The van der Waals surface area contributed by atoms with E-state index in [1.807, 2.05) is 23.1 Å². The molecule has 1 aromatic rings. The molecule has 0 saturated carbocycles. The summed E-state index contributed by atoms with van der Waals surface area (Å²) in [5.41, 5.74) is 5.46. The maximum atomic E-state index is 5.80. The number of piperidine rings is 1. The Morgan fingerprint density at radius 3 is 2.78 bits per heavy atom. The van der Waals surface area contributed by atoms with Crippen LogP contribution in [0.4, 0.5) is 0 Å². The molecule has 2 heterocycles. The zero-order valence-corrected chi connectivity index (χ0v) is 11.0. The van der Waals surface area contributed by atoms with Crippen LogP contribution in [0.25, 0.3) is 0 Å². The maximum Gasteiger partial charge on any atom is 0.0599 e. The zero-order chi connectivity index (χ0) is 12.6. The molecule has 1 fully saturated rings. The smallest absolute Gasteiger partial charge is 0.0599 e. The molecule has 0 atom stereocenters. The van der Waals surface area contributed by atoms with Gasteiger partial charge in [0.2, 0.25) is 0 Å². The number of nitrogens with zero attached hydrogens (tertiary/aromatic N) is 3. The van der Waals surface area contributed by atoms with Crippen LogP contribution in [0.15, 0.2) is 18.5 Å². The van der Waals surface area contributed by atoms with E-state index in [0.717, 1.165) is 58.6 Å². The number of aromatic nitrogens is 2. The van der Waals surface area contributed by atoms with Crippen molar-refractivity contribution >= 4 is 0 Å². The first-order valence-corrected chi connectivity index (χ1v) is 6.90. The molecular formula is C13H24N4O. The Bertz CT molecular complexity index is 307. The quantitative estimate of drug-likeness (QED) is 0.726. The molecule has 1 saturated heterocycles. The van der Waals surface area contributed by atoms with Gasteiger partial charge < -0.3 is 15.4 Å². The van der Waals surface area contributed by atoms with Crippen LogP contribution in [0.5, 0.6) is 0 Å². The van der Waals surface area contributed by atoms with Gasteiger partial charge in [-0.2, -0.15) is 5.10 Å². The van der Waals surface area contributed by atoms with E-state index >= 15 is 0 Å². The highest BCUT2D eigenvalue weighted by Gasteiger charge is 2.19. The Labute approximate surface area is 109 Å². The van der Waals surface area contributed by atoms with Crippen LogP contribution >= 0.6 is 0 Å². The number of hydrogen-bond donors (Lipinski definition) is 1. The Hall–Kier alpha value is -0.910. The molecule has 1 aliphatic rings. The van der Waals surface area contributed by atoms with Crippen LogP contribution in [0, 0.1) is 0 Å². The normalized spacial score (nSPS) is 18.3. The van der Waals surface area contributed by atoms with Crippen molar-refractivity contribution in [2.45, 2.75) is 31.9 Å². The topological polar surface area (TPSA) is 56.3 Å². The van der Waals surface area contributed by atoms with E-state index in [-0.39, 0.29) is 0 Å². The molecule has 5 heteroatoms. The summed E-state index contributed by atoms with van der Waals surface area (Å²) in [5.74, 6) is 0. The second-order valence-corrected chi connectivity index (χ2v) is 4.82. The molecule has 5 nitrogen and oxygen atoms in total. The number of likely N-dealkylation sites (tertiary alicyclic amines) is 1. The summed E-state index contributed by atoms with van der Waals surface area (Å²) in [6.07, 6.45) is 7.55. The summed E-state index contributed by atoms with van der Waals surface area (Å²) in [5, 5.41) is 4.22. The lowest BCUT2D eigenvalue weighted by atomic mass is 10.1. The first kappa shape index (κ1) is 13.5. The van der Waals surface area contributed by atoms with Crippen LogP contribution in [0.3, 0.4) is 0 Å². The standard InChI is InChI=1S/C13H24N4O/c14-5-1-12-18-13-3-8-16(9-4-13)10-11-17-7-2-6-15-17/h2,6-7,13H,1,3-5,8-12,14H2. The van der Waals surface area contributed by atoms with Gasteiger partial charge in [0.1, 0.15) is 0 Å². The van der Waals surface area contributed by atoms with Crippen molar-refractivity contribution in [1.29, 1.82) is 0 Å². The van der Waals surface area contributed by atoms with Crippen molar-refractivity contribution in [3.63, 3.8) is 0 Å². The molecule has 2 rings (SSSR count). The lowest BCUT2D eigenvalue weighted by Gasteiger charge is -2.31. The summed E-state index contributed by atoms with van der Waals surface area (Å²) in [7, 11) is 0. The Balaban J connectivity index is 1.58. The van der Waals surface area contributed by atoms with Crippen LogP contribution in [0.2, 0.25) is 0 Å². The van der Waals surface area contributed by atoms with Gasteiger partial charge in [-0.1, -0.05) is 0 Å². The minimum Gasteiger partial charge on any atom is -0.378 e. The molecule has 0 radical (unpaired) electrons. The van der Waals surface area contributed by atoms with E-state index in [1.165, 1.54) is 0 Å². The minimum atomic E-state index is 0.442. The van der Waals surface area contributed by atoms with Crippen LogP contribution < -0.4 is 5.73 Å². The van der Waals surface area contributed by atoms with Crippen molar-refractivity contribution in [2.24, 2.45) is 5.73 Å². The summed E-state index contributed by atoms with van der Waals surface area (Å²) < 4.78 is 7.79. The number of ether oxygens (including phenoxy) is 1. The third kappa shape index (κ3) is 4.40. The molecular weight excluding hydrogens is 228 g/mol. The third-order valence-electron chi connectivity index (χ3n) is 3.44. The Morgan fingerprint density at radius 2 is 2.11 bits per heavy atom. The highest BCUT2D eigenvalue weighted by Crippen LogP contribution is 2.13. The summed E-state index contributed by atoms with van der Waals surface area (Å²) in [6, 6.07) is 1.97. The van der Waals surface area contributed by atoms with Gasteiger partial charge in [0.05, 0.1) is 12.6 Å². The van der Waals surface area contributed by atoms with Crippen LogP contribution in [-0.4, -0.2) is 53.6 Å². The molecule has 0 unspecified atom stereocenters. The lowest BCUT2D eigenvalue weighted by Crippen LogP contribution is -2.38. The highest BCUT2D eigenvalue weighted by molar-refractivity contribution is 4.78. The molecule has 0 spiro atoms. The number of rotatable bonds is 7. The predicted molar refractivity (Wildman–Crippen MR) is 71.3 cm³/mol. The molecule has 0 amide bonds. The Morgan fingerprint density at radius 1 is 1.28 bits per heavy atom. The van der Waals surface area contributed by atoms with Gasteiger partial charge in [-0.3, -0.25) is 4.68 Å². The molecule has 1 aliphatic heterocycles. The fourth-order valence-corrected chi connectivity index (χ4v) is 2.31. The predicted octanol–water partition coefficient (Wildman–Crippen LogP) is 0.713. The molecule has 102 valence electrons. The van der Waals surface area contributed by atoms with E-state index < -0.39 is 0 Å². The van der Waals surface area contributed by atoms with E-state index in [1.54, 1.807) is 0 Å². The third-order valence-corrected chi connectivity index (χ3v) is 3.44. The van der Waals surface area contributed by atoms with Gasteiger partial charge in [-0.25, -0.2) is 0 Å². The summed E-state index contributed by atoms with van der Waals surface area (Å²) >= 11 is 0. The molecule has 2 N–H and O–H groups in total. The van der Waals surface area contributed by atoms with E-state index in [0.29, 0.717) is 6.10 Å². The molecule has 1 aromatic heterocycles. The van der Waals surface area contributed by atoms with Gasteiger partial charge in [-0.15, -0.1) is 0 Å². The van der Waals surface area contributed by atoms with E-state index in [2.05, 4.69) is 10.00 Å². The van der Waals surface area contributed by atoms with Crippen LogP contribution in [0.1, 0.15) is 19.3 Å². The van der Waals surface area contributed by atoms with Gasteiger partial charge in [0.15, 0.2) is 0 Å². The van der Waals surface area contributed by atoms with Crippen molar-refractivity contribution in [3.8, 4) is 0 Å². The molecule has 0 aromatic carbocycles. The van der Waals surface area contributed by atoms with Gasteiger partial charge in [0, 0.05) is 38.6 Å². The van der Waals surface area contributed by atoms with Crippen molar-refractivity contribution in [1.82, 2.24) is 14.7 Å². The van der Waals surface area contributed by atoms with E-state index in [4.69, 9.17) is 10.5 Å². The highest BCUT2D eigenvalue weighted by atomic mass is 16.5. The molecule has 0 aliphatic carbocycles. The monoisotopic (exact) mass is 252 g/mol. The fraction of sp³-hybridized carbons (Fsp3) is 0.769. The van der Waals surface area contributed by atoms with Gasteiger partial charge >= 0.3 is 0 Å². The molecule has 18 heavy (non-hydrogen) atoms. The SMILES string of the molecule is NCCCOC1CCN(CCn2cccn2)CC1. The van der Waals surface area contributed by atoms with E-state index in [9.17, 15) is 0 Å². The first-order valence-electron chi connectivity index (χ1n) is 6.90. The summed E-state index contributed by atoms with van der Waals surface area (Å²) in [4.78, 5) is 2.49. The first-order chi connectivity index (χ1) is 8.88. The van der Waals surface area contributed by atoms with Crippen molar-refractivity contribution < 1.29 is 4.74 Å². The van der Waals surface area contributed by atoms with Crippen molar-refractivity contribution in [2.75, 3.05) is 32.8 Å². The zero-order valence-electron chi connectivity index (χ0n) is 11.0. The summed E-state index contributed by atoms with van der Waals surface area (Å²) in [6.45, 7) is 5.86. The number of hydrogen-bond acceptors (Lipinski definition) is 4. The fourth-order valence-electron chi connectivity index (χ4n) is 2.31. The second-order valence-electron chi connectivity index (χ2n) is 4.82. The van der Waals surface area contributed by atoms with Crippen LogP contribution in [-0.2, 0) is 11.3 Å². The van der Waals surface area contributed by atoms with Gasteiger partial charge in [-0.05, 0) is 31.9 Å².